The highest BCUT2D eigenvalue weighted by Gasteiger charge is 2.25. The van der Waals surface area contributed by atoms with Crippen molar-refractivity contribution in [1.82, 2.24) is 20.8 Å². The van der Waals surface area contributed by atoms with Crippen LogP contribution in [-0.2, 0) is 4.79 Å². The molecule has 0 aliphatic heterocycles. The van der Waals surface area contributed by atoms with Gasteiger partial charge in [-0.05, 0) is 11.5 Å². The lowest BCUT2D eigenvalue weighted by Gasteiger charge is -2.14. The first-order chi connectivity index (χ1) is 12.0. The van der Waals surface area contributed by atoms with Gasteiger partial charge in [-0.1, -0.05) is 67.3 Å². The van der Waals surface area contributed by atoms with Gasteiger partial charge in [0.05, 0.1) is 0 Å². The molecule has 0 aliphatic rings. The number of hydrogen-bond donors (Lipinski definition) is 3. The van der Waals surface area contributed by atoms with E-state index in [0.29, 0.717) is 10.3 Å². The van der Waals surface area contributed by atoms with Crippen LogP contribution >= 0.6 is 23.1 Å². The van der Waals surface area contributed by atoms with Crippen molar-refractivity contribution in [3.8, 4) is 0 Å². The lowest BCUT2D eigenvalue weighted by Crippen LogP contribution is -2.39. The van der Waals surface area contributed by atoms with E-state index in [4.69, 9.17) is 0 Å². The van der Waals surface area contributed by atoms with Gasteiger partial charge in [0.25, 0.3) is 0 Å². The number of hydrogen-bond acceptors (Lipinski definition) is 7. The van der Waals surface area contributed by atoms with Gasteiger partial charge in [0.2, 0.25) is 11.0 Å². The Balaban J connectivity index is 2.13. The first kappa shape index (κ1) is 19.2. The third-order valence-electron chi connectivity index (χ3n) is 3.09. The summed E-state index contributed by atoms with van der Waals surface area (Å²) >= 11 is 2.66. The molecule has 25 heavy (non-hydrogen) atoms. The predicted octanol–water partition coefficient (Wildman–Crippen LogP) is 2.90. The van der Waals surface area contributed by atoms with Crippen LogP contribution in [0.3, 0.4) is 0 Å². The van der Waals surface area contributed by atoms with Crippen molar-refractivity contribution in [1.29, 1.82) is 0 Å². The van der Waals surface area contributed by atoms with Gasteiger partial charge in [0.15, 0.2) is 4.34 Å². The van der Waals surface area contributed by atoms with E-state index in [0.717, 1.165) is 17.2 Å². The predicted molar refractivity (Wildman–Crippen MR) is 101 cm³/mol. The second-order valence-corrected chi connectivity index (χ2v) is 7.95. The number of benzene rings is 1. The zero-order chi connectivity index (χ0) is 18.2. The van der Waals surface area contributed by atoms with E-state index < -0.39 is 17.2 Å². The number of anilines is 1. The molecule has 7 nitrogen and oxygen atoms in total. The van der Waals surface area contributed by atoms with Crippen molar-refractivity contribution < 1.29 is 9.59 Å². The van der Waals surface area contributed by atoms with Crippen molar-refractivity contribution >= 4 is 40.2 Å². The van der Waals surface area contributed by atoms with Gasteiger partial charge < -0.3 is 10.6 Å². The average molecular weight is 380 g/mol. The molecule has 0 aliphatic carbocycles. The van der Waals surface area contributed by atoms with Crippen LogP contribution in [0.1, 0.15) is 24.7 Å². The smallest absolute Gasteiger partial charge is 0.321 e. The molecule has 0 unspecified atom stereocenters. The maximum atomic E-state index is 12.5. The molecule has 3 amide bonds. The molecule has 1 aromatic heterocycles. The minimum atomic E-state index is -0.593. The third kappa shape index (κ3) is 6.02. The maximum absolute atomic E-state index is 12.5. The topological polar surface area (TPSA) is 96.0 Å². The Morgan fingerprint density at radius 2 is 1.92 bits per heavy atom. The molecule has 9 heteroatoms. The Morgan fingerprint density at radius 3 is 2.56 bits per heavy atom. The van der Waals surface area contributed by atoms with E-state index in [9.17, 15) is 9.59 Å². The fourth-order valence-electron chi connectivity index (χ4n) is 1.86. The van der Waals surface area contributed by atoms with E-state index in [1.807, 2.05) is 30.3 Å². The van der Waals surface area contributed by atoms with Crippen LogP contribution in [0.15, 0.2) is 34.7 Å². The fraction of sp³-hybridized carbons (Fsp3) is 0.375. The van der Waals surface area contributed by atoms with Gasteiger partial charge in [0, 0.05) is 13.6 Å². The van der Waals surface area contributed by atoms with E-state index in [1.54, 1.807) is 0 Å². The van der Waals surface area contributed by atoms with Crippen LogP contribution in [0.25, 0.3) is 0 Å². The van der Waals surface area contributed by atoms with Gasteiger partial charge in [-0.15, -0.1) is 10.2 Å². The molecule has 0 saturated carbocycles. The number of imide groups is 1. The van der Waals surface area contributed by atoms with Crippen LogP contribution in [0.5, 0.6) is 0 Å². The van der Waals surface area contributed by atoms with Crippen LogP contribution < -0.4 is 16.0 Å². The molecular weight excluding hydrogens is 358 g/mol. The highest BCUT2D eigenvalue weighted by Crippen LogP contribution is 2.37. The zero-order valence-electron chi connectivity index (χ0n) is 14.3. The van der Waals surface area contributed by atoms with E-state index in [-0.39, 0.29) is 0 Å². The van der Waals surface area contributed by atoms with Crippen molar-refractivity contribution in [3.05, 3.63) is 35.9 Å². The number of thioether (sulfide) groups is 1. The average Bonchev–Trinajstić information content (AvgIpc) is 3.06. The van der Waals surface area contributed by atoms with Gasteiger partial charge in [0.1, 0.15) is 5.25 Å². The standard InChI is InChI=1S/C16H21N5O2S2/c1-10(2)9-18-15-20-21-16(25-15)24-12(11-7-5-4-6-8-11)13(22)19-14(23)17-3/h4-8,10,12H,9H2,1-3H3,(H,18,20)(H2,17,19,22,23)/t12-/m1/s1. The molecule has 0 saturated heterocycles. The highest BCUT2D eigenvalue weighted by atomic mass is 32.2. The fourth-order valence-corrected chi connectivity index (χ4v) is 3.81. The summed E-state index contributed by atoms with van der Waals surface area (Å²) in [7, 11) is 1.46. The molecule has 0 spiro atoms. The summed E-state index contributed by atoms with van der Waals surface area (Å²) in [5.74, 6) is 0.0952. The minimum Gasteiger partial charge on any atom is -0.360 e. The van der Waals surface area contributed by atoms with E-state index in [1.165, 1.54) is 30.1 Å². The summed E-state index contributed by atoms with van der Waals surface area (Å²) in [5.41, 5.74) is 0.792. The van der Waals surface area contributed by atoms with Gasteiger partial charge in [-0.3, -0.25) is 10.1 Å². The SMILES string of the molecule is CNC(=O)NC(=O)[C@H](Sc1nnc(NCC(C)C)s1)c1ccccc1. The Hall–Kier alpha value is -2.13. The van der Waals surface area contributed by atoms with E-state index >= 15 is 0 Å². The number of carbonyl (C=O) groups is 2. The first-order valence-corrected chi connectivity index (χ1v) is 9.50. The van der Waals surface area contributed by atoms with Crippen LogP contribution in [-0.4, -0.2) is 35.7 Å². The molecule has 0 bridgehead atoms. The number of urea groups is 1. The van der Waals surface area contributed by atoms with Crippen molar-refractivity contribution in [2.45, 2.75) is 23.4 Å². The summed E-state index contributed by atoms with van der Waals surface area (Å²) in [6.07, 6.45) is 0. The Kier molecular flexibility index (Phi) is 7.20. The molecule has 2 aromatic rings. The van der Waals surface area contributed by atoms with Crippen LogP contribution in [0, 0.1) is 5.92 Å². The maximum Gasteiger partial charge on any atom is 0.321 e. The quantitative estimate of drug-likeness (QED) is 0.640. The van der Waals surface area contributed by atoms with Gasteiger partial charge >= 0.3 is 6.03 Å². The summed E-state index contributed by atoms with van der Waals surface area (Å²) in [4.78, 5) is 24.0. The second-order valence-electron chi connectivity index (χ2n) is 5.62. The molecule has 0 fully saturated rings. The number of carbonyl (C=O) groups excluding carboxylic acids is 2. The van der Waals surface area contributed by atoms with Crippen molar-refractivity contribution in [2.75, 3.05) is 18.9 Å². The van der Waals surface area contributed by atoms with Crippen molar-refractivity contribution in [3.63, 3.8) is 0 Å². The van der Waals surface area contributed by atoms with Crippen LogP contribution in [0.2, 0.25) is 0 Å². The summed E-state index contributed by atoms with van der Waals surface area (Å²) in [5, 5.41) is 16.3. The molecule has 1 aromatic carbocycles. The molecule has 3 N–H and O–H groups in total. The summed E-state index contributed by atoms with van der Waals surface area (Å²) in [6, 6.07) is 8.74. The largest absolute Gasteiger partial charge is 0.360 e. The number of rotatable bonds is 7. The minimum absolute atomic E-state index is 0.401. The molecule has 2 rings (SSSR count). The van der Waals surface area contributed by atoms with Gasteiger partial charge in [-0.25, -0.2) is 4.79 Å². The Morgan fingerprint density at radius 1 is 1.20 bits per heavy atom. The summed E-state index contributed by atoms with van der Waals surface area (Å²) in [6.45, 7) is 5.02. The van der Waals surface area contributed by atoms with Crippen molar-refractivity contribution in [2.24, 2.45) is 5.92 Å². The lowest BCUT2D eigenvalue weighted by atomic mass is 10.1. The Labute approximate surface area is 155 Å². The van der Waals surface area contributed by atoms with E-state index in [2.05, 4.69) is 40.0 Å². The molecule has 134 valence electrons. The second kappa shape index (κ2) is 9.38. The molecule has 1 heterocycles. The molecule has 0 radical (unpaired) electrons. The summed E-state index contributed by atoms with van der Waals surface area (Å²) < 4.78 is 0.659. The normalized spacial score (nSPS) is 11.8. The monoisotopic (exact) mass is 379 g/mol. The number of amides is 3. The molecule has 1 atom stereocenters. The zero-order valence-corrected chi connectivity index (χ0v) is 15.9. The number of nitrogens with one attached hydrogen (secondary N) is 3. The number of nitrogens with zero attached hydrogens (tertiary/aromatic N) is 2. The highest BCUT2D eigenvalue weighted by molar-refractivity contribution is 8.01. The van der Waals surface area contributed by atoms with Crippen LogP contribution in [0.4, 0.5) is 9.93 Å². The Bertz CT molecular complexity index is 706. The van der Waals surface area contributed by atoms with Gasteiger partial charge in [-0.2, -0.15) is 0 Å². The number of aromatic nitrogens is 2. The lowest BCUT2D eigenvalue weighted by molar-refractivity contribution is -0.119. The molecular formula is C16H21N5O2S2. The first-order valence-electron chi connectivity index (χ1n) is 7.81. The third-order valence-corrected chi connectivity index (χ3v) is 5.31.